The van der Waals surface area contributed by atoms with Gasteiger partial charge in [0.25, 0.3) is 5.91 Å². The Morgan fingerprint density at radius 1 is 1.03 bits per heavy atom. The fraction of sp³-hybridized carbons (Fsp3) is 0.208. The van der Waals surface area contributed by atoms with E-state index in [1.165, 1.54) is 12.1 Å². The van der Waals surface area contributed by atoms with Crippen molar-refractivity contribution in [3.05, 3.63) is 76.5 Å². The summed E-state index contributed by atoms with van der Waals surface area (Å²) in [6, 6.07) is 6.37. The van der Waals surface area contributed by atoms with Gasteiger partial charge in [-0.25, -0.2) is 14.8 Å². The van der Waals surface area contributed by atoms with Crippen molar-refractivity contribution >= 4 is 35.1 Å². The summed E-state index contributed by atoms with van der Waals surface area (Å²) in [5, 5.41) is 5.56. The minimum Gasteiger partial charge on any atom is -0.444 e. The minimum atomic E-state index is -0.648. The van der Waals surface area contributed by atoms with Gasteiger partial charge in [0.05, 0.1) is 16.8 Å². The number of pyridine rings is 1. The highest BCUT2D eigenvalue weighted by molar-refractivity contribution is 6.34. The van der Waals surface area contributed by atoms with Gasteiger partial charge in [0.1, 0.15) is 17.1 Å². The van der Waals surface area contributed by atoms with E-state index < -0.39 is 17.6 Å². The number of ether oxygens (including phenoxy) is 1. The van der Waals surface area contributed by atoms with Crippen LogP contribution in [0.15, 0.2) is 49.1 Å². The number of halogens is 1. The largest absolute Gasteiger partial charge is 0.444 e. The molecule has 1 aromatic carbocycles. The molecule has 0 unspecified atom stereocenters. The summed E-state index contributed by atoms with van der Waals surface area (Å²) in [4.78, 5) is 37.2. The lowest BCUT2D eigenvalue weighted by Crippen LogP contribution is -2.27. The van der Waals surface area contributed by atoms with E-state index in [-0.39, 0.29) is 10.6 Å². The molecular weight excluding hydrogens is 442 g/mol. The van der Waals surface area contributed by atoms with Crippen LogP contribution in [0.1, 0.15) is 48.0 Å². The number of aryl methyl sites for hydroxylation is 1. The van der Waals surface area contributed by atoms with Crippen LogP contribution >= 0.6 is 11.6 Å². The quantitative estimate of drug-likeness (QED) is 0.539. The molecule has 0 saturated carbocycles. The van der Waals surface area contributed by atoms with E-state index in [1.807, 2.05) is 0 Å². The zero-order valence-corrected chi connectivity index (χ0v) is 19.3. The predicted octanol–water partition coefficient (Wildman–Crippen LogP) is 4.83. The SMILES string of the molecule is Cc1cc(C#Cc2cnccn2)cnc1NC(=O)c1cc(NC(=O)OC(C)(C)C)ccc1Cl. The molecule has 33 heavy (non-hydrogen) atoms. The zero-order valence-electron chi connectivity index (χ0n) is 18.6. The number of carbonyl (C=O) groups is 2. The minimum absolute atomic E-state index is 0.179. The van der Waals surface area contributed by atoms with Crippen LogP contribution in [-0.2, 0) is 4.74 Å². The van der Waals surface area contributed by atoms with Crippen molar-refractivity contribution in [2.45, 2.75) is 33.3 Å². The number of aromatic nitrogens is 3. The van der Waals surface area contributed by atoms with E-state index >= 15 is 0 Å². The number of rotatable bonds is 3. The molecule has 2 heterocycles. The molecule has 9 heteroatoms. The van der Waals surface area contributed by atoms with Gasteiger partial charge in [-0.2, -0.15) is 0 Å². The lowest BCUT2D eigenvalue weighted by Gasteiger charge is -2.20. The Kier molecular flexibility index (Phi) is 7.26. The van der Waals surface area contributed by atoms with Crippen molar-refractivity contribution in [2.75, 3.05) is 10.6 Å². The van der Waals surface area contributed by atoms with Gasteiger partial charge in [0.15, 0.2) is 0 Å². The number of nitrogens with one attached hydrogen (secondary N) is 2. The Balaban J connectivity index is 1.73. The molecule has 0 bridgehead atoms. The van der Waals surface area contributed by atoms with E-state index in [0.29, 0.717) is 28.3 Å². The molecule has 3 rings (SSSR count). The van der Waals surface area contributed by atoms with Gasteiger partial charge < -0.3 is 10.1 Å². The van der Waals surface area contributed by atoms with Crippen molar-refractivity contribution in [2.24, 2.45) is 0 Å². The van der Waals surface area contributed by atoms with Gasteiger partial charge in [0.2, 0.25) is 0 Å². The molecule has 8 nitrogen and oxygen atoms in total. The summed E-state index contributed by atoms with van der Waals surface area (Å²) in [6.07, 6.45) is 5.62. The maximum Gasteiger partial charge on any atom is 0.412 e. The predicted molar refractivity (Wildman–Crippen MR) is 126 cm³/mol. The van der Waals surface area contributed by atoms with Crippen molar-refractivity contribution in [1.29, 1.82) is 0 Å². The standard InChI is InChI=1S/C24H22ClN5O3/c1-15-11-16(5-6-18-14-26-9-10-27-18)13-28-21(15)30-22(31)19-12-17(7-8-20(19)25)29-23(32)33-24(2,3)4/h7-14H,1-4H3,(H,29,32)(H,28,30,31). The molecular formula is C24H22ClN5O3. The maximum atomic E-state index is 12.8. The first-order valence-corrected chi connectivity index (χ1v) is 10.3. The fourth-order valence-corrected chi connectivity index (χ4v) is 2.85. The zero-order chi connectivity index (χ0) is 24.0. The highest BCUT2D eigenvalue weighted by atomic mass is 35.5. The number of benzene rings is 1. The van der Waals surface area contributed by atoms with Gasteiger partial charge in [-0.3, -0.25) is 15.1 Å². The number of hydrogen-bond acceptors (Lipinski definition) is 6. The first-order valence-electron chi connectivity index (χ1n) is 9.96. The molecule has 0 aliphatic rings. The lowest BCUT2D eigenvalue weighted by molar-refractivity contribution is 0.0635. The number of amides is 2. The molecule has 0 atom stereocenters. The summed E-state index contributed by atoms with van der Waals surface area (Å²) < 4.78 is 5.23. The van der Waals surface area contributed by atoms with E-state index in [9.17, 15) is 9.59 Å². The molecule has 0 aliphatic heterocycles. The maximum absolute atomic E-state index is 12.8. The molecule has 3 aromatic rings. The van der Waals surface area contributed by atoms with Crippen LogP contribution in [-0.4, -0.2) is 32.6 Å². The van der Waals surface area contributed by atoms with E-state index in [4.69, 9.17) is 16.3 Å². The van der Waals surface area contributed by atoms with Crippen LogP contribution in [0.4, 0.5) is 16.3 Å². The topological polar surface area (TPSA) is 106 Å². The second-order valence-electron chi connectivity index (χ2n) is 8.01. The van der Waals surface area contributed by atoms with Crippen molar-refractivity contribution < 1.29 is 14.3 Å². The highest BCUT2D eigenvalue weighted by Crippen LogP contribution is 2.23. The summed E-state index contributed by atoms with van der Waals surface area (Å²) in [5.74, 6) is 5.76. The van der Waals surface area contributed by atoms with Gasteiger partial charge in [-0.15, -0.1) is 0 Å². The van der Waals surface area contributed by atoms with E-state index in [2.05, 4.69) is 37.4 Å². The van der Waals surface area contributed by atoms with Gasteiger partial charge in [-0.1, -0.05) is 17.5 Å². The number of hydrogen-bond donors (Lipinski definition) is 2. The molecule has 2 aromatic heterocycles. The van der Waals surface area contributed by atoms with Crippen molar-refractivity contribution in [1.82, 2.24) is 15.0 Å². The third kappa shape index (κ3) is 7.02. The van der Waals surface area contributed by atoms with Crippen LogP contribution in [0.25, 0.3) is 0 Å². The summed E-state index contributed by atoms with van der Waals surface area (Å²) >= 11 is 6.21. The molecule has 0 spiro atoms. The number of anilines is 2. The van der Waals surface area contributed by atoms with Crippen LogP contribution in [0.2, 0.25) is 5.02 Å². The molecule has 0 radical (unpaired) electrons. The molecule has 0 fully saturated rings. The molecule has 2 amide bonds. The monoisotopic (exact) mass is 463 g/mol. The lowest BCUT2D eigenvalue weighted by atomic mass is 10.1. The van der Waals surface area contributed by atoms with Gasteiger partial charge in [0, 0.05) is 29.8 Å². The summed E-state index contributed by atoms with van der Waals surface area (Å²) in [5.41, 5.74) is 1.83. The first-order chi connectivity index (χ1) is 15.6. The average Bonchev–Trinajstić information content (AvgIpc) is 2.74. The first kappa shape index (κ1) is 23.7. The Bertz CT molecular complexity index is 1240. The fourth-order valence-electron chi connectivity index (χ4n) is 2.65. The molecule has 168 valence electrons. The Labute approximate surface area is 196 Å². The molecule has 2 N–H and O–H groups in total. The molecule has 0 aliphatic carbocycles. The Morgan fingerprint density at radius 2 is 1.82 bits per heavy atom. The van der Waals surface area contributed by atoms with Gasteiger partial charge >= 0.3 is 6.09 Å². The second kappa shape index (κ2) is 10.1. The van der Waals surface area contributed by atoms with Crippen molar-refractivity contribution in [3.8, 4) is 11.8 Å². The third-order valence-corrected chi connectivity index (χ3v) is 4.39. The Hall–Kier alpha value is -3.96. The van der Waals surface area contributed by atoms with Gasteiger partial charge in [-0.05, 0) is 63.4 Å². The van der Waals surface area contributed by atoms with Crippen LogP contribution in [0.5, 0.6) is 0 Å². The number of nitrogens with zero attached hydrogens (tertiary/aromatic N) is 3. The summed E-state index contributed by atoms with van der Waals surface area (Å²) in [7, 11) is 0. The number of carbonyl (C=O) groups excluding carboxylic acids is 2. The van der Waals surface area contributed by atoms with Crippen LogP contribution in [0, 0.1) is 18.8 Å². The van der Waals surface area contributed by atoms with E-state index in [0.717, 1.165) is 0 Å². The molecule has 0 saturated heterocycles. The summed E-state index contributed by atoms with van der Waals surface area (Å²) in [6.45, 7) is 7.08. The van der Waals surface area contributed by atoms with E-state index in [1.54, 1.807) is 64.6 Å². The van der Waals surface area contributed by atoms with Crippen LogP contribution in [0.3, 0.4) is 0 Å². The smallest absolute Gasteiger partial charge is 0.412 e. The highest BCUT2D eigenvalue weighted by Gasteiger charge is 2.18. The van der Waals surface area contributed by atoms with Crippen molar-refractivity contribution in [3.63, 3.8) is 0 Å². The van der Waals surface area contributed by atoms with Crippen LogP contribution < -0.4 is 10.6 Å². The average molecular weight is 464 g/mol. The normalized spacial score (nSPS) is 10.6. The second-order valence-corrected chi connectivity index (χ2v) is 8.41. The third-order valence-electron chi connectivity index (χ3n) is 4.06. The Morgan fingerprint density at radius 3 is 2.48 bits per heavy atom.